The van der Waals surface area contributed by atoms with Gasteiger partial charge in [-0.15, -0.1) is 0 Å². The lowest BCUT2D eigenvalue weighted by Crippen LogP contribution is -2.10. The summed E-state index contributed by atoms with van der Waals surface area (Å²) in [7, 11) is 6.01. The fourth-order valence-corrected chi connectivity index (χ4v) is 4.32. The molecular formula is C27H28N2O2. The predicted molar refractivity (Wildman–Crippen MR) is 129 cm³/mol. The third-order valence-electron chi connectivity index (χ3n) is 5.84. The van der Waals surface area contributed by atoms with Gasteiger partial charge in [-0.05, 0) is 59.9 Å². The van der Waals surface area contributed by atoms with Crippen LogP contribution in [0.25, 0.3) is 33.2 Å². The van der Waals surface area contributed by atoms with Crippen LogP contribution in [-0.4, -0.2) is 31.2 Å². The van der Waals surface area contributed by atoms with Gasteiger partial charge in [0.05, 0.1) is 6.61 Å². The van der Waals surface area contributed by atoms with Crippen LogP contribution in [0, 0.1) is 6.92 Å². The summed E-state index contributed by atoms with van der Waals surface area (Å²) in [6.45, 7) is 4.20. The maximum Gasteiger partial charge on any atom is 0.355 e. The largest absolute Gasteiger partial charge is 0.461 e. The van der Waals surface area contributed by atoms with E-state index >= 15 is 0 Å². The minimum absolute atomic E-state index is 0.283. The number of ether oxygens (including phenoxy) is 1. The van der Waals surface area contributed by atoms with Gasteiger partial charge in [-0.1, -0.05) is 48.5 Å². The molecule has 4 heteroatoms. The van der Waals surface area contributed by atoms with Crippen LogP contribution in [0.1, 0.15) is 23.0 Å². The van der Waals surface area contributed by atoms with Crippen LogP contribution in [0.5, 0.6) is 0 Å². The molecule has 1 heterocycles. The molecule has 0 bridgehead atoms. The summed E-state index contributed by atoms with van der Waals surface area (Å²) in [5.74, 6) is -0.283. The minimum atomic E-state index is -0.283. The number of carbonyl (C=O) groups excluding carboxylic acids is 1. The van der Waals surface area contributed by atoms with Crippen molar-refractivity contribution < 1.29 is 9.53 Å². The summed E-state index contributed by atoms with van der Waals surface area (Å²) < 4.78 is 7.31. The Morgan fingerprint density at radius 3 is 2.23 bits per heavy atom. The first-order valence-electron chi connectivity index (χ1n) is 10.6. The van der Waals surface area contributed by atoms with E-state index in [1.807, 2.05) is 45.6 Å². The molecule has 0 saturated heterocycles. The molecule has 4 aromatic rings. The lowest BCUT2D eigenvalue weighted by molar-refractivity contribution is 0.0515. The van der Waals surface area contributed by atoms with Gasteiger partial charge in [0.2, 0.25) is 0 Å². The van der Waals surface area contributed by atoms with E-state index < -0.39 is 0 Å². The maximum atomic E-state index is 12.7. The summed E-state index contributed by atoms with van der Waals surface area (Å²) >= 11 is 0. The second-order valence-corrected chi connectivity index (χ2v) is 7.94. The van der Waals surface area contributed by atoms with Crippen molar-refractivity contribution >= 4 is 22.6 Å². The Bertz CT molecular complexity index is 1240. The Hall–Kier alpha value is -3.53. The number of esters is 1. The number of hydrogen-bond acceptors (Lipinski definition) is 3. The van der Waals surface area contributed by atoms with Crippen molar-refractivity contribution in [1.29, 1.82) is 0 Å². The molecule has 0 aliphatic carbocycles. The first-order valence-corrected chi connectivity index (χ1v) is 10.6. The van der Waals surface area contributed by atoms with Crippen LogP contribution in [0.2, 0.25) is 0 Å². The van der Waals surface area contributed by atoms with Crippen LogP contribution in [0.3, 0.4) is 0 Å². The van der Waals surface area contributed by atoms with Gasteiger partial charge in [-0.3, -0.25) is 0 Å². The third kappa shape index (κ3) is 3.59. The zero-order valence-corrected chi connectivity index (χ0v) is 18.8. The Kier molecular flexibility index (Phi) is 5.55. The molecule has 158 valence electrons. The zero-order valence-electron chi connectivity index (χ0n) is 18.8. The molecule has 4 nitrogen and oxygen atoms in total. The standard InChI is InChI=1S/C27H28N2O2/c1-6-31-27(30)26-18(2)24-23(29(26)5)17-16-22(19-10-8-7-9-11-19)25(24)20-12-14-21(15-13-20)28(3)4/h7-17H,6H2,1-5H3. The summed E-state index contributed by atoms with van der Waals surface area (Å²) in [6.07, 6.45) is 0. The molecule has 0 unspecified atom stereocenters. The monoisotopic (exact) mass is 412 g/mol. The molecule has 1 aromatic heterocycles. The number of carbonyl (C=O) groups is 1. The summed E-state index contributed by atoms with van der Waals surface area (Å²) in [5, 5.41) is 1.09. The molecule has 0 N–H and O–H groups in total. The molecule has 3 aromatic carbocycles. The van der Waals surface area contributed by atoms with Gasteiger partial charge in [-0.25, -0.2) is 4.79 Å². The van der Waals surface area contributed by atoms with E-state index in [9.17, 15) is 4.79 Å². The second kappa shape index (κ2) is 8.31. The van der Waals surface area contributed by atoms with Crippen molar-refractivity contribution in [1.82, 2.24) is 4.57 Å². The zero-order chi connectivity index (χ0) is 22.1. The molecule has 0 radical (unpaired) electrons. The quantitative estimate of drug-likeness (QED) is 0.374. The van der Waals surface area contributed by atoms with Gasteiger partial charge in [0.15, 0.2) is 0 Å². The van der Waals surface area contributed by atoms with Crippen molar-refractivity contribution in [3.8, 4) is 22.3 Å². The van der Waals surface area contributed by atoms with Gasteiger partial charge in [0.25, 0.3) is 0 Å². The topological polar surface area (TPSA) is 34.5 Å². The average molecular weight is 413 g/mol. The highest BCUT2D eigenvalue weighted by molar-refractivity contribution is 6.09. The fourth-order valence-electron chi connectivity index (χ4n) is 4.32. The van der Waals surface area contributed by atoms with Gasteiger partial charge >= 0.3 is 5.97 Å². The highest BCUT2D eigenvalue weighted by Crippen LogP contribution is 2.41. The molecule has 0 atom stereocenters. The van der Waals surface area contributed by atoms with E-state index in [-0.39, 0.29) is 5.97 Å². The SMILES string of the molecule is CCOC(=O)c1c(C)c2c(-c3ccc(N(C)C)cc3)c(-c3ccccc3)ccc2n1C. The number of hydrogen-bond donors (Lipinski definition) is 0. The number of aryl methyl sites for hydroxylation is 2. The van der Waals surface area contributed by atoms with Crippen molar-refractivity contribution in [3.63, 3.8) is 0 Å². The Balaban J connectivity index is 2.06. The highest BCUT2D eigenvalue weighted by Gasteiger charge is 2.23. The van der Waals surface area contributed by atoms with E-state index in [2.05, 4.69) is 65.6 Å². The first-order chi connectivity index (χ1) is 14.9. The maximum absolute atomic E-state index is 12.7. The van der Waals surface area contributed by atoms with E-state index in [1.54, 1.807) is 0 Å². The van der Waals surface area contributed by atoms with Gasteiger partial charge < -0.3 is 14.2 Å². The fraction of sp³-hybridized carbons (Fsp3) is 0.222. The average Bonchev–Trinajstić information content (AvgIpc) is 3.04. The summed E-state index contributed by atoms with van der Waals surface area (Å²) in [6, 6.07) is 23.2. The molecule has 0 aliphatic rings. The molecule has 0 amide bonds. The lowest BCUT2D eigenvalue weighted by Gasteiger charge is -2.16. The number of fused-ring (bicyclic) bond motifs is 1. The van der Waals surface area contributed by atoms with Crippen LogP contribution in [-0.2, 0) is 11.8 Å². The number of anilines is 1. The molecule has 31 heavy (non-hydrogen) atoms. The Morgan fingerprint density at radius 2 is 1.61 bits per heavy atom. The van der Waals surface area contributed by atoms with Crippen LogP contribution in [0.4, 0.5) is 5.69 Å². The van der Waals surface area contributed by atoms with E-state index in [0.717, 1.165) is 44.4 Å². The normalized spacial score (nSPS) is 11.0. The van der Waals surface area contributed by atoms with Crippen molar-refractivity contribution in [2.24, 2.45) is 7.05 Å². The summed E-state index contributed by atoms with van der Waals surface area (Å²) in [5.41, 5.74) is 8.28. The van der Waals surface area contributed by atoms with Crippen LogP contribution >= 0.6 is 0 Å². The van der Waals surface area contributed by atoms with Gasteiger partial charge in [-0.2, -0.15) is 0 Å². The Morgan fingerprint density at radius 1 is 0.935 bits per heavy atom. The van der Waals surface area contributed by atoms with Gasteiger partial charge in [0.1, 0.15) is 5.69 Å². The number of rotatable bonds is 5. The lowest BCUT2D eigenvalue weighted by atomic mass is 9.90. The molecular weight excluding hydrogens is 384 g/mol. The number of nitrogens with zero attached hydrogens (tertiary/aromatic N) is 2. The van der Waals surface area contributed by atoms with E-state index in [4.69, 9.17) is 4.74 Å². The Labute approximate surface area is 183 Å². The minimum Gasteiger partial charge on any atom is -0.461 e. The van der Waals surface area contributed by atoms with Gasteiger partial charge in [0, 0.05) is 37.7 Å². The molecule has 0 fully saturated rings. The first kappa shape index (κ1) is 20.7. The molecule has 4 rings (SSSR count). The van der Waals surface area contributed by atoms with Crippen molar-refractivity contribution in [2.75, 3.05) is 25.6 Å². The predicted octanol–water partition coefficient (Wildman–Crippen LogP) is 6.06. The molecule has 0 aliphatic heterocycles. The highest BCUT2D eigenvalue weighted by atomic mass is 16.5. The van der Waals surface area contributed by atoms with Crippen LogP contribution < -0.4 is 4.90 Å². The van der Waals surface area contributed by atoms with Crippen molar-refractivity contribution in [3.05, 3.63) is 78.0 Å². The second-order valence-electron chi connectivity index (χ2n) is 7.94. The smallest absolute Gasteiger partial charge is 0.355 e. The molecule has 0 spiro atoms. The molecule has 0 saturated carbocycles. The van der Waals surface area contributed by atoms with Crippen molar-refractivity contribution in [2.45, 2.75) is 13.8 Å². The third-order valence-corrected chi connectivity index (χ3v) is 5.84. The number of aromatic nitrogens is 1. The van der Waals surface area contributed by atoms with Crippen LogP contribution in [0.15, 0.2) is 66.7 Å². The number of benzene rings is 3. The van der Waals surface area contributed by atoms with E-state index in [0.29, 0.717) is 12.3 Å². The van der Waals surface area contributed by atoms with E-state index in [1.165, 1.54) is 0 Å². The summed E-state index contributed by atoms with van der Waals surface area (Å²) in [4.78, 5) is 14.8.